The number of carbonyl (C=O) groups is 2. The Morgan fingerprint density at radius 2 is 1.54 bits per heavy atom. The number of hydrogen-bond acceptors (Lipinski definition) is 2. The van der Waals surface area contributed by atoms with Crippen LogP contribution in [0, 0.1) is 20.8 Å². The minimum absolute atomic E-state index is 0.0234. The Kier molecular flexibility index (Phi) is 6.92. The smallest absolute Gasteiger partial charge is 0.275 e. The molecule has 1 unspecified atom stereocenters. The molecule has 0 spiro atoms. The first-order chi connectivity index (χ1) is 12.3. The largest absolute Gasteiger partial charge is 0.342 e. The van der Waals surface area contributed by atoms with Crippen molar-refractivity contribution in [3.63, 3.8) is 0 Å². The Bertz CT molecular complexity index is 749. The van der Waals surface area contributed by atoms with Crippen molar-refractivity contribution in [1.82, 2.24) is 5.32 Å². The summed E-state index contributed by atoms with van der Waals surface area (Å²) in [5.74, 6) is -0.349. The highest BCUT2D eigenvalue weighted by molar-refractivity contribution is 5.95. The average molecular weight is 354 g/mol. The second kappa shape index (κ2) is 9.15. The van der Waals surface area contributed by atoms with E-state index < -0.39 is 0 Å². The average Bonchev–Trinajstić information content (AvgIpc) is 2.58. The van der Waals surface area contributed by atoms with Crippen LogP contribution in [-0.2, 0) is 16.1 Å². The predicted octanol–water partition coefficient (Wildman–Crippen LogP) is 1.38. The van der Waals surface area contributed by atoms with Gasteiger partial charge in [-0.15, -0.1) is 0 Å². The molecular formula is C21H28N3O2+. The van der Waals surface area contributed by atoms with Crippen molar-refractivity contribution in [3.05, 3.63) is 64.7 Å². The zero-order chi connectivity index (χ0) is 19.1. The van der Waals surface area contributed by atoms with E-state index >= 15 is 0 Å². The standard InChI is InChI=1S/C21H27N3O2/c1-15-8-10-18(11-9-15)13-24(4)14-20(26)22-12-19(25)23-21-16(2)6-5-7-17(21)3/h5-11H,12-14H2,1-4H3,(H,22,26)(H,23,25)/p+1. The van der Waals surface area contributed by atoms with Crippen LogP contribution in [0.15, 0.2) is 42.5 Å². The fourth-order valence-electron chi connectivity index (χ4n) is 2.83. The number of aryl methyl sites for hydroxylation is 3. The third-order valence-corrected chi connectivity index (χ3v) is 4.28. The van der Waals surface area contributed by atoms with Crippen molar-refractivity contribution in [2.45, 2.75) is 27.3 Å². The van der Waals surface area contributed by atoms with Gasteiger partial charge in [-0.2, -0.15) is 0 Å². The van der Waals surface area contributed by atoms with E-state index in [4.69, 9.17) is 0 Å². The highest BCUT2D eigenvalue weighted by atomic mass is 16.2. The van der Waals surface area contributed by atoms with Gasteiger partial charge in [0.25, 0.3) is 5.91 Å². The van der Waals surface area contributed by atoms with Gasteiger partial charge in [-0.05, 0) is 31.9 Å². The van der Waals surface area contributed by atoms with Crippen LogP contribution in [-0.4, -0.2) is 32.0 Å². The monoisotopic (exact) mass is 354 g/mol. The van der Waals surface area contributed by atoms with Crippen LogP contribution in [0.4, 0.5) is 5.69 Å². The molecule has 0 bridgehead atoms. The minimum atomic E-state index is -0.216. The second-order valence-corrected chi connectivity index (χ2v) is 6.89. The van der Waals surface area contributed by atoms with Crippen LogP contribution in [0.3, 0.4) is 0 Å². The molecule has 0 saturated carbocycles. The summed E-state index contributed by atoms with van der Waals surface area (Å²) >= 11 is 0. The van der Waals surface area contributed by atoms with Gasteiger partial charge in [0, 0.05) is 11.3 Å². The van der Waals surface area contributed by atoms with Gasteiger partial charge in [0.2, 0.25) is 5.91 Å². The summed E-state index contributed by atoms with van der Waals surface area (Å²) in [5.41, 5.74) is 5.24. The number of nitrogens with one attached hydrogen (secondary N) is 3. The number of hydrogen-bond donors (Lipinski definition) is 3. The third kappa shape index (κ3) is 6.01. The third-order valence-electron chi connectivity index (χ3n) is 4.28. The summed E-state index contributed by atoms with van der Waals surface area (Å²) in [5, 5.41) is 5.57. The Morgan fingerprint density at radius 3 is 2.15 bits per heavy atom. The molecular weight excluding hydrogens is 326 g/mol. The Morgan fingerprint density at radius 1 is 0.923 bits per heavy atom. The van der Waals surface area contributed by atoms with Crippen LogP contribution in [0.2, 0.25) is 0 Å². The van der Waals surface area contributed by atoms with Crippen molar-refractivity contribution in [2.75, 3.05) is 25.5 Å². The first-order valence-electron chi connectivity index (χ1n) is 8.84. The van der Waals surface area contributed by atoms with E-state index in [0.717, 1.165) is 28.3 Å². The van der Waals surface area contributed by atoms with Gasteiger partial charge in [-0.25, -0.2) is 0 Å². The lowest BCUT2D eigenvalue weighted by Crippen LogP contribution is -3.08. The number of carbonyl (C=O) groups excluding carboxylic acids is 2. The van der Waals surface area contributed by atoms with E-state index in [1.807, 2.05) is 39.1 Å². The zero-order valence-corrected chi connectivity index (χ0v) is 16.0. The molecule has 1 atom stereocenters. The molecule has 2 rings (SSSR count). The van der Waals surface area contributed by atoms with Crippen LogP contribution >= 0.6 is 0 Å². The molecule has 26 heavy (non-hydrogen) atoms. The van der Waals surface area contributed by atoms with Gasteiger partial charge in [0.05, 0.1) is 13.6 Å². The predicted molar refractivity (Wildman–Crippen MR) is 104 cm³/mol. The van der Waals surface area contributed by atoms with Crippen LogP contribution in [0.25, 0.3) is 0 Å². The maximum atomic E-state index is 12.1. The second-order valence-electron chi connectivity index (χ2n) is 6.89. The van der Waals surface area contributed by atoms with Gasteiger partial charge in [0.15, 0.2) is 6.54 Å². The topological polar surface area (TPSA) is 62.6 Å². The van der Waals surface area contributed by atoms with Crippen molar-refractivity contribution in [2.24, 2.45) is 0 Å². The Balaban J connectivity index is 1.77. The van der Waals surface area contributed by atoms with Crippen LogP contribution < -0.4 is 15.5 Å². The number of para-hydroxylation sites is 1. The SMILES string of the molecule is Cc1ccc(C[NH+](C)CC(=O)NCC(=O)Nc2c(C)cccc2C)cc1. The van der Waals surface area contributed by atoms with Gasteiger partial charge in [-0.3, -0.25) is 9.59 Å². The number of benzene rings is 2. The number of amides is 2. The van der Waals surface area contributed by atoms with Crippen LogP contribution in [0.1, 0.15) is 22.3 Å². The molecule has 0 aromatic heterocycles. The molecule has 2 amide bonds. The lowest BCUT2D eigenvalue weighted by Gasteiger charge is -2.15. The number of likely N-dealkylation sites (N-methyl/N-ethyl adjacent to an activating group) is 1. The lowest BCUT2D eigenvalue weighted by atomic mass is 10.1. The molecule has 5 heteroatoms. The molecule has 0 aliphatic carbocycles. The lowest BCUT2D eigenvalue weighted by molar-refractivity contribution is -0.885. The molecule has 138 valence electrons. The highest BCUT2D eigenvalue weighted by Crippen LogP contribution is 2.18. The first kappa shape index (κ1) is 19.7. The molecule has 2 aromatic carbocycles. The fraction of sp³-hybridized carbons (Fsp3) is 0.333. The summed E-state index contributed by atoms with van der Waals surface area (Å²) in [7, 11) is 1.97. The summed E-state index contributed by atoms with van der Waals surface area (Å²) in [4.78, 5) is 25.2. The minimum Gasteiger partial charge on any atom is -0.342 e. The van der Waals surface area contributed by atoms with E-state index in [-0.39, 0.29) is 18.4 Å². The first-order valence-corrected chi connectivity index (χ1v) is 8.84. The summed E-state index contributed by atoms with van der Waals surface area (Å²) < 4.78 is 0. The summed E-state index contributed by atoms with van der Waals surface area (Å²) in [6.45, 7) is 7.02. The quantitative estimate of drug-likeness (QED) is 0.703. The molecule has 3 N–H and O–H groups in total. The van der Waals surface area contributed by atoms with Crippen molar-refractivity contribution in [3.8, 4) is 0 Å². The molecule has 0 heterocycles. The Labute approximate surface area is 155 Å². The number of anilines is 1. The number of rotatable bonds is 7. The fourth-order valence-corrected chi connectivity index (χ4v) is 2.83. The molecule has 0 radical (unpaired) electrons. The maximum absolute atomic E-state index is 12.1. The summed E-state index contributed by atoms with van der Waals surface area (Å²) in [6.07, 6.45) is 0. The van der Waals surface area contributed by atoms with E-state index in [0.29, 0.717) is 6.54 Å². The molecule has 2 aromatic rings. The number of quaternary nitrogens is 1. The van der Waals surface area contributed by atoms with Gasteiger partial charge >= 0.3 is 0 Å². The molecule has 0 aliphatic rings. The van der Waals surface area contributed by atoms with Crippen molar-refractivity contribution in [1.29, 1.82) is 0 Å². The Hall–Kier alpha value is -2.66. The van der Waals surface area contributed by atoms with Gasteiger partial charge in [0.1, 0.15) is 6.54 Å². The summed E-state index contributed by atoms with van der Waals surface area (Å²) in [6, 6.07) is 14.1. The van der Waals surface area contributed by atoms with E-state index in [1.54, 1.807) is 0 Å². The normalized spacial score (nSPS) is 11.7. The van der Waals surface area contributed by atoms with Crippen LogP contribution in [0.5, 0.6) is 0 Å². The molecule has 0 aliphatic heterocycles. The van der Waals surface area contributed by atoms with Crippen molar-refractivity contribution < 1.29 is 14.5 Å². The maximum Gasteiger partial charge on any atom is 0.275 e. The molecule has 0 fully saturated rings. The van der Waals surface area contributed by atoms with Crippen molar-refractivity contribution >= 4 is 17.5 Å². The van der Waals surface area contributed by atoms with E-state index in [9.17, 15) is 9.59 Å². The highest BCUT2D eigenvalue weighted by Gasteiger charge is 2.13. The molecule has 5 nitrogen and oxygen atoms in total. The van der Waals surface area contributed by atoms with E-state index in [2.05, 4.69) is 41.8 Å². The van der Waals surface area contributed by atoms with Gasteiger partial charge < -0.3 is 15.5 Å². The zero-order valence-electron chi connectivity index (χ0n) is 16.0. The molecule has 0 saturated heterocycles. The van der Waals surface area contributed by atoms with E-state index in [1.165, 1.54) is 11.1 Å². The van der Waals surface area contributed by atoms with Gasteiger partial charge in [-0.1, -0.05) is 48.0 Å².